The summed E-state index contributed by atoms with van der Waals surface area (Å²) >= 11 is 0. The van der Waals surface area contributed by atoms with Gasteiger partial charge in [-0.2, -0.15) is 0 Å². The Kier molecular flexibility index (Phi) is 60.1. The second-order valence-corrected chi connectivity index (χ2v) is 12.5. The number of rotatable bonds is 14. The molecule has 0 aliphatic carbocycles. The number of aliphatic hydroxyl groups is 1. The van der Waals surface area contributed by atoms with Crippen LogP contribution in [-0.2, 0) is 33.8 Å². The Labute approximate surface area is 290 Å². The Morgan fingerprint density at radius 1 is 0.930 bits per heavy atom. The van der Waals surface area contributed by atoms with Crippen LogP contribution < -0.4 is 34.9 Å². The van der Waals surface area contributed by atoms with Crippen LogP contribution in [0, 0.1) is 11.8 Å². The van der Waals surface area contributed by atoms with Crippen LogP contribution in [0.4, 0.5) is 0 Å². The molecule has 0 radical (unpaired) electrons. The molecule has 0 fully saturated rings. The zero-order valence-electron chi connectivity index (χ0n) is 19.8. The molecule has 0 aliphatic heterocycles. The minimum Gasteiger partial charge on any atom is -0.748 e. The zero-order valence-corrected chi connectivity index (χ0v) is 23.5. The number of aliphatic hydroxyl groups excluding tert-OH is 1. The maximum absolute atomic E-state index is 12.9. The number of nitrogens with one attached hydrogen (secondary N) is 1. The summed E-state index contributed by atoms with van der Waals surface area (Å²) in [6, 6.07) is 0. The Hall–Kier alpha value is -0.530. The van der Waals surface area contributed by atoms with Gasteiger partial charge in [-0.1, -0.05) is 81.2 Å². The van der Waals surface area contributed by atoms with E-state index in [1.165, 1.54) is 20.8 Å². The molecule has 0 aliphatic rings. The molecule has 43 heavy (non-hydrogen) atoms. The van der Waals surface area contributed by atoms with Crippen molar-refractivity contribution in [3.63, 3.8) is 0 Å². The molecular formula is C28H73NNaO11PS. The summed E-state index contributed by atoms with van der Waals surface area (Å²) in [4.78, 5) is 46.8. The summed E-state index contributed by atoms with van der Waals surface area (Å²) < 4.78 is 50.5. The maximum Gasteiger partial charge on any atom is 1.00 e. The van der Waals surface area contributed by atoms with Crippen LogP contribution in [0.3, 0.4) is 0 Å². The monoisotopic (exact) mass is 685 g/mol. The fourth-order valence-electron chi connectivity index (χ4n) is 3.07. The normalized spacial score (nSPS) is 13.4. The van der Waals surface area contributed by atoms with Gasteiger partial charge in [-0.25, -0.2) is 8.42 Å². The van der Waals surface area contributed by atoms with Crippen molar-refractivity contribution in [3.05, 3.63) is 0 Å². The fraction of sp³-hybridized carbons (Fsp3) is 0.893. The number of carboxylic acid groups (broad SMARTS) is 1. The summed E-state index contributed by atoms with van der Waals surface area (Å²) in [5, 5.41) is 21.0. The first-order chi connectivity index (χ1) is 14.3. The number of esters is 1. The molecule has 5 atom stereocenters. The Bertz CT molecular complexity index is 833. The standard InChI is InChI=1S/C18H34NO11PS.10CH4.Na/c1-6-12(16(22)23)7-13(15(21)19-18(3,4)10-32(27,28)29)8-14(31(5,25)26)17(24)30-9-11(2)20;;;;;;;;;;;/h11-14,20H,6-10H2,1-5H3,(H,19,21)(H,22,23)(H,25,26)(H,27,28,29);10*1H4;/q;;;;;;;;;;;+1/p-1. The van der Waals surface area contributed by atoms with E-state index in [4.69, 9.17) is 4.74 Å². The van der Waals surface area contributed by atoms with Crippen molar-refractivity contribution in [2.24, 2.45) is 11.8 Å². The third-order valence-electron chi connectivity index (χ3n) is 4.61. The first-order valence-electron chi connectivity index (χ1n) is 9.92. The Balaban J connectivity index is -0.0000000874. The average molecular weight is 686 g/mol. The molecule has 0 spiro atoms. The minimum absolute atomic E-state index is 0. The van der Waals surface area contributed by atoms with Crippen molar-refractivity contribution in [3.8, 4) is 0 Å². The number of hydrogen-bond acceptors (Lipinski definition) is 9. The van der Waals surface area contributed by atoms with Gasteiger partial charge in [-0.15, -0.1) is 0 Å². The van der Waals surface area contributed by atoms with E-state index in [0.717, 1.165) is 6.66 Å². The second-order valence-electron chi connectivity index (χ2n) is 8.63. The van der Waals surface area contributed by atoms with Gasteiger partial charge in [0.25, 0.3) is 0 Å². The van der Waals surface area contributed by atoms with Crippen molar-refractivity contribution in [1.82, 2.24) is 5.32 Å². The van der Waals surface area contributed by atoms with Gasteiger partial charge in [0.15, 0.2) is 0 Å². The fourth-order valence-corrected chi connectivity index (χ4v) is 5.13. The van der Waals surface area contributed by atoms with Gasteiger partial charge < -0.3 is 29.7 Å². The quantitative estimate of drug-likeness (QED) is 0.0901. The SMILES string of the molecule is C.C.C.C.C.C.C.C.C.C.CCC(CC(CC(C(=O)OCC(C)O)P(C)(=O)O)C(=O)NC(C)(C)CS(=O)(=O)[O-])C(=O)O.[Na+]. The van der Waals surface area contributed by atoms with Crippen LogP contribution in [-0.4, -0.2) is 82.2 Å². The predicted octanol–water partition coefficient (Wildman–Crippen LogP) is 3.49. The number of carbonyl (C=O) groups is 3. The molecule has 0 aromatic heterocycles. The van der Waals surface area contributed by atoms with Crippen LogP contribution in [0.5, 0.6) is 0 Å². The van der Waals surface area contributed by atoms with E-state index in [9.17, 15) is 47.0 Å². The minimum atomic E-state index is -4.71. The van der Waals surface area contributed by atoms with E-state index in [0.29, 0.717) is 0 Å². The van der Waals surface area contributed by atoms with E-state index in [1.54, 1.807) is 6.92 Å². The van der Waals surface area contributed by atoms with Gasteiger partial charge in [0, 0.05) is 18.1 Å². The molecule has 4 N–H and O–H groups in total. The van der Waals surface area contributed by atoms with E-state index in [1.807, 2.05) is 0 Å². The molecule has 0 heterocycles. The molecule has 268 valence electrons. The molecule has 15 heteroatoms. The summed E-state index contributed by atoms with van der Waals surface area (Å²) in [6.07, 6.45) is -1.78. The maximum atomic E-state index is 12.9. The average Bonchev–Trinajstić information content (AvgIpc) is 2.55. The van der Waals surface area contributed by atoms with Crippen molar-refractivity contribution < 1.29 is 81.3 Å². The molecule has 0 aromatic rings. The smallest absolute Gasteiger partial charge is 0.748 e. The van der Waals surface area contributed by atoms with Gasteiger partial charge in [0.2, 0.25) is 13.3 Å². The van der Waals surface area contributed by atoms with E-state index >= 15 is 0 Å². The third-order valence-corrected chi connectivity index (χ3v) is 7.26. The number of ether oxygens (including phenoxy) is 1. The largest absolute Gasteiger partial charge is 1.00 e. The van der Waals surface area contributed by atoms with Crippen molar-refractivity contribution in [1.29, 1.82) is 0 Å². The molecule has 0 saturated heterocycles. The van der Waals surface area contributed by atoms with Crippen LogP contribution >= 0.6 is 7.37 Å². The first-order valence-corrected chi connectivity index (χ1v) is 13.7. The first kappa shape index (κ1) is 78.7. The number of carbonyl (C=O) groups excluding carboxylic acids is 2. The predicted molar refractivity (Wildman–Crippen MR) is 180 cm³/mol. The van der Waals surface area contributed by atoms with Gasteiger partial charge >= 0.3 is 41.5 Å². The molecule has 0 bridgehead atoms. The number of aliphatic carboxylic acids is 1. The number of hydrogen-bond donors (Lipinski definition) is 4. The van der Waals surface area contributed by atoms with Gasteiger partial charge in [0.1, 0.15) is 12.3 Å². The van der Waals surface area contributed by atoms with E-state index in [-0.39, 0.29) is 117 Å². The Morgan fingerprint density at radius 2 is 1.33 bits per heavy atom. The molecule has 0 aromatic carbocycles. The van der Waals surface area contributed by atoms with E-state index < -0.39 is 83.3 Å². The van der Waals surface area contributed by atoms with Crippen LogP contribution in [0.1, 0.15) is 121 Å². The molecule has 0 rings (SSSR count). The van der Waals surface area contributed by atoms with Gasteiger partial charge in [-0.05, 0) is 40.0 Å². The zero-order chi connectivity index (χ0) is 25.5. The van der Waals surface area contributed by atoms with Crippen molar-refractivity contribution in [2.75, 3.05) is 19.0 Å². The van der Waals surface area contributed by atoms with Crippen LogP contribution in [0.2, 0.25) is 0 Å². The van der Waals surface area contributed by atoms with Gasteiger partial charge in [-0.3, -0.25) is 18.9 Å². The number of amides is 1. The molecule has 0 saturated carbocycles. The molecule has 1 amide bonds. The topological polar surface area (TPSA) is 207 Å². The van der Waals surface area contributed by atoms with Gasteiger partial charge in [0.05, 0.1) is 27.9 Å². The summed E-state index contributed by atoms with van der Waals surface area (Å²) in [5.74, 6) is -6.48. The second kappa shape index (κ2) is 32.9. The molecular weight excluding hydrogens is 612 g/mol. The summed E-state index contributed by atoms with van der Waals surface area (Å²) in [6.45, 7) is 5.88. The third kappa shape index (κ3) is 34.2. The van der Waals surface area contributed by atoms with Crippen molar-refractivity contribution in [2.45, 2.75) is 139 Å². The Morgan fingerprint density at radius 3 is 1.60 bits per heavy atom. The molecule has 12 nitrogen and oxygen atoms in total. The van der Waals surface area contributed by atoms with Crippen molar-refractivity contribution >= 4 is 35.3 Å². The van der Waals surface area contributed by atoms with Crippen LogP contribution in [0.15, 0.2) is 0 Å². The summed E-state index contributed by atoms with van der Waals surface area (Å²) in [5.41, 5.74) is -3.20. The number of carboxylic acids is 1. The van der Waals surface area contributed by atoms with Crippen LogP contribution in [0.25, 0.3) is 0 Å². The van der Waals surface area contributed by atoms with E-state index in [2.05, 4.69) is 5.32 Å². The summed E-state index contributed by atoms with van der Waals surface area (Å²) in [7, 11) is -8.89. The molecule has 5 unspecified atom stereocenters.